The highest BCUT2D eigenvalue weighted by Crippen LogP contribution is 2.19. The summed E-state index contributed by atoms with van der Waals surface area (Å²) in [6, 6.07) is 10.7. The Kier molecular flexibility index (Phi) is 4.88. The summed E-state index contributed by atoms with van der Waals surface area (Å²) in [7, 11) is 0. The van der Waals surface area contributed by atoms with Gasteiger partial charge < -0.3 is 10.0 Å². The van der Waals surface area contributed by atoms with Crippen LogP contribution >= 0.6 is 0 Å². The molecule has 114 valence electrons. The topological polar surface area (TPSA) is 70.5 Å². The van der Waals surface area contributed by atoms with Crippen LogP contribution < -0.4 is 4.90 Å². The van der Waals surface area contributed by atoms with Crippen LogP contribution in [0.15, 0.2) is 48.8 Å². The van der Waals surface area contributed by atoms with Crippen LogP contribution in [0.2, 0.25) is 0 Å². The first-order chi connectivity index (χ1) is 10.5. The number of pyridine rings is 1. The Balaban J connectivity index is 2.34. The SMILES string of the molecule is Cc1ccc(N(CC(C)C(=O)O)C(=O)c2ccncc2)cc1. The van der Waals surface area contributed by atoms with Crippen LogP contribution in [-0.4, -0.2) is 28.5 Å². The summed E-state index contributed by atoms with van der Waals surface area (Å²) >= 11 is 0. The number of amides is 1. The van der Waals surface area contributed by atoms with Crippen molar-refractivity contribution in [3.8, 4) is 0 Å². The number of benzene rings is 1. The standard InChI is InChI=1S/C17H18N2O3/c1-12-3-5-15(6-4-12)19(11-13(2)17(21)22)16(20)14-7-9-18-10-8-14/h3-10,13H,11H2,1-2H3,(H,21,22). The molecule has 1 aromatic carbocycles. The van der Waals surface area contributed by atoms with Gasteiger partial charge in [0.2, 0.25) is 0 Å². The third-order valence-electron chi connectivity index (χ3n) is 3.40. The summed E-state index contributed by atoms with van der Waals surface area (Å²) in [5, 5.41) is 9.13. The van der Waals surface area contributed by atoms with Gasteiger partial charge in [-0.25, -0.2) is 0 Å². The number of hydrogen-bond acceptors (Lipinski definition) is 3. The maximum absolute atomic E-state index is 12.7. The van der Waals surface area contributed by atoms with Gasteiger partial charge in [0, 0.05) is 30.2 Å². The summed E-state index contributed by atoms with van der Waals surface area (Å²) < 4.78 is 0. The van der Waals surface area contributed by atoms with Gasteiger partial charge in [0.05, 0.1) is 5.92 Å². The van der Waals surface area contributed by atoms with Crippen LogP contribution in [0.4, 0.5) is 5.69 Å². The number of nitrogens with zero attached hydrogens (tertiary/aromatic N) is 2. The Morgan fingerprint density at radius 2 is 1.73 bits per heavy atom. The van der Waals surface area contributed by atoms with Crippen molar-refractivity contribution in [2.45, 2.75) is 13.8 Å². The molecule has 0 aliphatic carbocycles. The Hall–Kier alpha value is -2.69. The van der Waals surface area contributed by atoms with E-state index in [4.69, 9.17) is 5.11 Å². The first kappa shape index (κ1) is 15.7. The van der Waals surface area contributed by atoms with Crippen molar-refractivity contribution >= 4 is 17.6 Å². The van der Waals surface area contributed by atoms with Gasteiger partial charge in [0.1, 0.15) is 0 Å². The zero-order chi connectivity index (χ0) is 16.1. The molecular formula is C17H18N2O3. The lowest BCUT2D eigenvalue weighted by atomic mass is 10.1. The van der Waals surface area contributed by atoms with E-state index >= 15 is 0 Å². The number of rotatable bonds is 5. The van der Waals surface area contributed by atoms with Gasteiger partial charge >= 0.3 is 5.97 Å². The lowest BCUT2D eigenvalue weighted by Gasteiger charge is -2.25. The van der Waals surface area contributed by atoms with E-state index in [1.165, 1.54) is 4.90 Å². The number of carbonyl (C=O) groups excluding carboxylic acids is 1. The minimum atomic E-state index is -0.931. The number of aliphatic carboxylic acids is 1. The Morgan fingerprint density at radius 3 is 2.27 bits per heavy atom. The van der Waals surface area contributed by atoms with E-state index in [0.717, 1.165) is 5.56 Å². The molecule has 5 heteroatoms. The lowest BCUT2D eigenvalue weighted by Crippen LogP contribution is -2.37. The Morgan fingerprint density at radius 1 is 1.14 bits per heavy atom. The molecule has 0 spiro atoms. The van der Waals surface area contributed by atoms with Crippen LogP contribution in [0.25, 0.3) is 0 Å². The molecule has 0 radical (unpaired) electrons. The molecular weight excluding hydrogens is 280 g/mol. The summed E-state index contributed by atoms with van der Waals surface area (Å²) in [5.74, 6) is -1.83. The van der Waals surface area contributed by atoms with Crippen LogP contribution in [0.1, 0.15) is 22.8 Å². The number of hydrogen-bond donors (Lipinski definition) is 1. The molecule has 0 saturated heterocycles. The van der Waals surface area contributed by atoms with Crippen LogP contribution in [0.5, 0.6) is 0 Å². The number of carboxylic acids is 1. The number of aromatic nitrogens is 1. The minimum absolute atomic E-state index is 0.111. The molecule has 1 heterocycles. The molecule has 0 aliphatic heterocycles. The first-order valence-corrected chi connectivity index (χ1v) is 7.00. The monoisotopic (exact) mass is 298 g/mol. The van der Waals surface area contributed by atoms with Crippen molar-refractivity contribution in [3.63, 3.8) is 0 Å². The highest BCUT2D eigenvalue weighted by atomic mass is 16.4. The van der Waals surface area contributed by atoms with E-state index in [9.17, 15) is 9.59 Å². The molecule has 1 atom stereocenters. The minimum Gasteiger partial charge on any atom is -0.481 e. The Labute approximate surface area is 129 Å². The summed E-state index contributed by atoms with van der Waals surface area (Å²) in [6.45, 7) is 3.65. The lowest BCUT2D eigenvalue weighted by molar-refractivity contribution is -0.140. The van der Waals surface area contributed by atoms with E-state index in [1.54, 1.807) is 31.5 Å². The maximum Gasteiger partial charge on any atom is 0.308 e. The van der Waals surface area contributed by atoms with Gasteiger partial charge in [-0.3, -0.25) is 14.6 Å². The maximum atomic E-state index is 12.7. The first-order valence-electron chi connectivity index (χ1n) is 7.00. The third-order valence-corrected chi connectivity index (χ3v) is 3.40. The van der Waals surface area contributed by atoms with E-state index in [2.05, 4.69) is 4.98 Å². The number of carboxylic acid groups (broad SMARTS) is 1. The smallest absolute Gasteiger partial charge is 0.308 e. The molecule has 2 aromatic rings. The molecule has 0 bridgehead atoms. The number of anilines is 1. The predicted molar refractivity (Wildman–Crippen MR) is 83.9 cm³/mol. The normalized spacial score (nSPS) is 11.7. The fourth-order valence-electron chi connectivity index (χ4n) is 2.03. The van der Waals surface area contributed by atoms with E-state index in [1.807, 2.05) is 31.2 Å². The molecule has 0 saturated carbocycles. The molecule has 1 aromatic heterocycles. The van der Waals surface area contributed by atoms with Crippen molar-refractivity contribution < 1.29 is 14.7 Å². The predicted octanol–water partition coefficient (Wildman–Crippen LogP) is 2.76. The van der Waals surface area contributed by atoms with Gasteiger partial charge in [-0.05, 0) is 31.2 Å². The fourth-order valence-corrected chi connectivity index (χ4v) is 2.03. The largest absolute Gasteiger partial charge is 0.481 e. The summed E-state index contributed by atoms with van der Waals surface area (Å²) in [4.78, 5) is 29.2. The van der Waals surface area contributed by atoms with Crippen molar-refractivity contribution in [1.29, 1.82) is 0 Å². The molecule has 5 nitrogen and oxygen atoms in total. The van der Waals surface area contributed by atoms with E-state index in [-0.39, 0.29) is 12.5 Å². The zero-order valence-electron chi connectivity index (χ0n) is 12.6. The van der Waals surface area contributed by atoms with Crippen molar-refractivity contribution in [3.05, 3.63) is 59.9 Å². The van der Waals surface area contributed by atoms with Crippen LogP contribution in [0, 0.1) is 12.8 Å². The quantitative estimate of drug-likeness (QED) is 0.921. The molecule has 2 rings (SSSR count). The highest BCUT2D eigenvalue weighted by molar-refractivity contribution is 6.06. The highest BCUT2D eigenvalue weighted by Gasteiger charge is 2.23. The number of carbonyl (C=O) groups is 2. The van der Waals surface area contributed by atoms with Crippen molar-refractivity contribution in [1.82, 2.24) is 4.98 Å². The van der Waals surface area contributed by atoms with Gasteiger partial charge in [0.25, 0.3) is 5.91 Å². The summed E-state index contributed by atoms with van der Waals surface area (Å²) in [6.07, 6.45) is 3.09. The van der Waals surface area contributed by atoms with Crippen molar-refractivity contribution in [2.75, 3.05) is 11.4 Å². The summed E-state index contributed by atoms with van der Waals surface area (Å²) in [5.41, 5.74) is 2.24. The van der Waals surface area contributed by atoms with E-state index in [0.29, 0.717) is 11.3 Å². The second kappa shape index (κ2) is 6.85. The van der Waals surface area contributed by atoms with Gasteiger partial charge in [-0.15, -0.1) is 0 Å². The number of aryl methyl sites for hydroxylation is 1. The molecule has 1 unspecified atom stereocenters. The second-order valence-corrected chi connectivity index (χ2v) is 5.23. The fraction of sp³-hybridized carbons (Fsp3) is 0.235. The molecule has 0 aliphatic rings. The van der Waals surface area contributed by atoms with Crippen molar-refractivity contribution in [2.24, 2.45) is 5.92 Å². The second-order valence-electron chi connectivity index (χ2n) is 5.23. The third kappa shape index (κ3) is 3.69. The average molecular weight is 298 g/mol. The van der Waals surface area contributed by atoms with Gasteiger partial charge in [0.15, 0.2) is 0 Å². The van der Waals surface area contributed by atoms with Crippen LogP contribution in [0.3, 0.4) is 0 Å². The van der Waals surface area contributed by atoms with E-state index < -0.39 is 11.9 Å². The zero-order valence-corrected chi connectivity index (χ0v) is 12.6. The average Bonchev–Trinajstić information content (AvgIpc) is 2.53. The molecule has 22 heavy (non-hydrogen) atoms. The molecule has 1 amide bonds. The molecule has 1 N–H and O–H groups in total. The van der Waals surface area contributed by atoms with Crippen LogP contribution in [-0.2, 0) is 4.79 Å². The molecule has 0 fully saturated rings. The Bertz CT molecular complexity index is 653. The van der Waals surface area contributed by atoms with Gasteiger partial charge in [-0.2, -0.15) is 0 Å². The van der Waals surface area contributed by atoms with Gasteiger partial charge in [-0.1, -0.05) is 24.6 Å².